The van der Waals surface area contributed by atoms with Gasteiger partial charge in [-0.2, -0.15) is 0 Å². The van der Waals surface area contributed by atoms with Crippen molar-refractivity contribution in [1.29, 1.82) is 0 Å². The molecule has 180 valence electrons. The molecule has 2 amide bonds. The number of fused-ring (bicyclic) bond motifs is 2. The molecule has 1 saturated heterocycles. The fourth-order valence-corrected chi connectivity index (χ4v) is 7.10. The molecular weight excluding hydrogens is 561 g/mol. The van der Waals surface area contributed by atoms with Crippen LogP contribution in [0.25, 0.3) is 3.58 Å². The monoisotopic (exact) mass is 590 g/mol. The predicted molar refractivity (Wildman–Crippen MR) is 132 cm³/mol. The maximum absolute atomic E-state index is 14.1. The first kappa shape index (κ1) is 23.8. The Bertz CT molecular complexity index is 1220. The van der Waals surface area contributed by atoms with Gasteiger partial charge in [-0.1, -0.05) is 0 Å². The summed E-state index contributed by atoms with van der Waals surface area (Å²) in [6, 6.07) is 13.4. The second-order valence-electron chi connectivity index (χ2n) is 10.9. The molecule has 0 aromatic heterocycles. The van der Waals surface area contributed by atoms with Crippen LogP contribution in [0.2, 0.25) is 5.02 Å². The molecule has 34 heavy (non-hydrogen) atoms. The molecule has 0 saturated carbocycles. The second-order valence-corrected chi connectivity index (χ2v) is 13.7. The van der Waals surface area contributed by atoms with Crippen LogP contribution >= 0.6 is 11.6 Å². The predicted octanol–water partition coefficient (Wildman–Crippen LogP) is 1.58. The number of halogens is 2. The quantitative estimate of drug-likeness (QED) is 0.532. The Morgan fingerprint density at radius 1 is 1.18 bits per heavy atom. The van der Waals surface area contributed by atoms with Gasteiger partial charge in [0.05, 0.1) is 0 Å². The Kier molecular flexibility index (Phi) is 5.85. The normalized spacial score (nSPS) is 27.6. The summed E-state index contributed by atoms with van der Waals surface area (Å²) in [6.07, 6.45) is 0.743. The summed E-state index contributed by atoms with van der Waals surface area (Å²) in [4.78, 5) is 29.3. The molecule has 0 radical (unpaired) electrons. The van der Waals surface area contributed by atoms with Crippen LogP contribution in [-0.2, 0) is 15.0 Å². The number of nitrogens with one attached hydrogen (secondary N) is 2. The Morgan fingerprint density at radius 2 is 1.91 bits per heavy atom. The molecule has 0 aliphatic carbocycles. The van der Waals surface area contributed by atoms with Gasteiger partial charge in [-0.25, -0.2) is 0 Å². The van der Waals surface area contributed by atoms with Crippen LogP contribution in [0.5, 0.6) is 0 Å². The first-order valence-electron chi connectivity index (χ1n) is 11.5. The first-order chi connectivity index (χ1) is 16.0. The summed E-state index contributed by atoms with van der Waals surface area (Å²) in [7, 11) is 3.56. The average Bonchev–Trinajstić information content (AvgIpc) is 3.50. The molecule has 0 bridgehead atoms. The van der Waals surface area contributed by atoms with Gasteiger partial charge in [0.1, 0.15) is 0 Å². The van der Waals surface area contributed by atoms with Crippen molar-refractivity contribution in [3.8, 4) is 0 Å². The van der Waals surface area contributed by atoms with Gasteiger partial charge >= 0.3 is 217 Å². The topological polar surface area (TPSA) is 61.4 Å². The van der Waals surface area contributed by atoms with Crippen molar-refractivity contribution < 1.29 is 30.8 Å². The molecule has 4 atom stereocenters. The second kappa shape index (κ2) is 8.35. The average molecular weight is 591 g/mol. The van der Waals surface area contributed by atoms with E-state index in [1.807, 2.05) is 18.2 Å². The fraction of sp³-hybridized carbons (Fsp3) is 0.407. The molecular formula is C27H30ClIN3O2-. The van der Waals surface area contributed by atoms with Crippen molar-refractivity contribution in [3.63, 3.8) is 0 Å². The number of hydrogen-bond donors (Lipinski definition) is 2. The Hall–Kier alpha value is -1.90. The van der Waals surface area contributed by atoms with Crippen molar-refractivity contribution in [2.75, 3.05) is 19.4 Å². The van der Waals surface area contributed by atoms with Gasteiger partial charge in [0, 0.05) is 0 Å². The standard InChI is InChI=1S/C27H30ClIN3O2/c1-26(2,3)13-21-27(18-10-9-17(28)12-20(18)30-25(27)34)22(23(31-21)24(33)32(4)5)16-8-6-7-15(11-16)19-14-29-19/h6-12,14,21-23,31H,13H2,1-5H3,(H,30,34)/q-1/t21-,22+,23-,27+/m1/s1. The van der Waals surface area contributed by atoms with Crippen LogP contribution in [0.15, 0.2) is 46.5 Å². The van der Waals surface area contributed by atoms with Gasteiger partial charge < -0.3 is 0 Å². The summed E-state index contributed by atoms with van der Waals surface area (Å²) < 4.78 is 3.73. The number of hydrogen-bond acceptors (Lipinski definition) is 3. The van der Waals surface area contributed by atoms with Gasteiger partial charge in [0.25, 0.3) is 0 Å². The van der Waals surface area contributed by atoms with Crippen LogP contribution < -0.4 is 31.8 Å². The van der Waals surface area contributed by atoms with Crippen LogP contribution in [0.3, 0.4) is 0 Å². The van der Waals surface area contributed by atoms with E-state index in [9.17, 15) is 9.59 Å². The van der Waals surface area contributed by atoms with E-state index in [1.54, 1.807) is 19.0 Å². The van der Waals surface area contributed by atoms with Gasteiger partial charge in [-0.05, 0) is 0 Å². The summed E-state index contributed by atoms with van der Waals surface area (Å²) in [5.74, 6) is -0.428. The van der Waals surface area contributed by atoms with E-state index in [4.69, 9.17) is 11.6 Å². The molecule has 5 nitrogen and oxygen atoms in total. The van der Waals surface area contributed by atoms with E-state index in [2.05, 4.69) is 59.8 Å². The molecule has 2 aromatic rings. The zero-order chi connectivity index (χ0) is 24.4. The Balaban J connectivity index is 1.76. The van der Waals surface area contributed by atoms with Crippen molar-refractivity contribution in [2.24, 2.45) is 5.41 Å². The van der Waals surface area contributed by atoms with E-state index in [1.165, 1.54) is 9.14 Å². The molecule has 1 fully saturated rings. The molecule has 7 heteroatoms. The number of benzene rings is 2. The van der Waals surface area contributed by atoms with Crippen molar-refractivity contribution in [2.45, 2.75) is 50.6 Å². The molecule has 3 heterocycles. The van der Waals surface area contributed by atoms with Crippen LogP contribution in [0, 0.1) is 5.41 Å². The maximum atomic E-state index is 14.1. The summed E-state index contributed by atoms with van der Waals surface area (Å²) >= 11 is 6.35. The van der Waals surface area contributed by atoms with Crippen LogP contribution in [0.1, 0.15) is 49.8 Å². The number of likely N-dealkylation sites (N-methyl/N-ethyl adjacent to an activating group) is 1. The van der Waals surface area contributed by atoms with Gasteiger partial charge in [0.2, 0.25) is 0 Å². The number of nitrogens with zero attached hydrogens (tertiary/aromatic N) is 1. The third-order valence-electron chi connectivity index (χ3n) is 7.07. The number of carbonyl (C=O) groups is 2. The Morgan fingerprint density at radius 3 is 2.56 bits per heavy atom. The van der Waals surface area contributed by atoms with E-state index in [-0.39, 0.29) is 50.4 Å². The van der Waals surface area contributed by atoms with Gasteiger partial charge in [-0.15, -0.1) is 0 Å². The van der Waals surface area contributed by atoms with E-state index >= 15 is 0 Å². The number of rotatable bonds is 4. The zero-order valence-corrected chi connectivity index (χ0v) is 23.0. The minimum absolute atomic E-state index is 0.0144. The van der Waals surface area contributed by atoms with E-state index in [0.29, 0.717) is 5.02 Å². The molecule has 1 spiro atoms. The first-order valence-corrected chi connectivity index (χ1v) is 14.3. The minimum atomic E-state index is -0.921. The van der Waals surface area contributed by atoms with E-state index < -0.39 is 11.5 Å². The van der Waals surface area contributed by atoms with Crippen molar-refractivity contribution >= 4 is 32.7 Å². The summed E-state index contributed by atoms with van der Waals surface area (Å²) in [5, 5.41) is 7.38. The van der Waals surface area contributed by atoms with Crippen LogP contribution in [0.4, 0.5) is 5.69 Å². The molecule has 2 N–H and O–H groups in total. The van der Waals surface area contributed by atoms with Gasteiger partial charge in [-0.3, -0.25) is 0 Å². The zero-order valence-electron chi connectivity index (χ0n) is 20.1. The number of anilines is 1. The molecule has 5 rings (SSSR count). The summed E-state index contributed by atoms with van der Waals surface area (Å²) in [5.41, 5.74) is 2.93. The fourth-order valence-electron chi connectivity index (χ4n) is 5.72. The summed E-state index contributed by atoms with van der Waals surface area (Å²) in [6.45, 7) is 6.54. The molecule has 3 aliphatic heterocycles. The van der Waals surface area contributed by atoms with Crippen molar-refractivity contribution in [1.82, 2.24) is 10.2 Å². The molecule has 0 unspecified atom stereocenters. The SMILES string of the molecule is CN(C)C(=O)[C@@H]1N[C@H](CC(C)(C)C)[C@]2(C(=O)Nc3cc(Cl)ccc32)[C@H]1c1cccc(C2=C[I-]2)c1. The van der Waals surface area contributed by atoms with Crippen LogP contribution in [-0.4, -0.2) is 42.9 Å². The van der Waals surface area contributed by atoms with Crippen molar-refractivity contribution in [3.05, 3.63) is 68.3 Å². The van der Waals surface area contributed by atoms with E-state index in [0.717, 1.165) is 23.2 Å². The molecule has 2 aromatic carbocycles. The third kappa shape index (κ3) is 3.88. The third-order valence-corrected chi connectivity index (χ3v) is 9.17. The number of amides is 2. The molecule has 3 aliphatic rings. The Labute approximate surface area is 216 Å². The van der Waals surface area contributed by atoms with Gasteiger partial charge in [0.15, 0.2) is 0 Å². The number of carbonyl (C=O) groups excluding carboxylic acids is 2.